The first-order chi connectivity index (χ1) is 11.4. The van der Waals surface area contributed by atoms with Crippen LogP contribution in [0.1, 0.15) is 24.2 Å². The summed E-state index contributed by atoms with van der Waals surface area (Å²) in [5, 5.41) is 17.5. The van der Waals surface area contributed by atoms with E-state index in [1.54, 1.807) is 12.1 Å². The predicted octanol–water partition coefficient (Wildman–Crippen LogP) is 2.12. The second-order valence-electron chi connectivity index (χ2n) is 5.32. The molecule has 1 heterocycles. The number of anilines is 1. The number of hydrogen-bond acceptors (Lipinski definition) is 6. The maximum atomic E-state index is 12.1. The van der Waals surface area contributed by atoms with Crippen LogP contribution in [0, 0.1) is 5.92 Å². The Morgan fingerprint density at radius 3 is 2.83 bits per heavy atom. The molecule has 0 aliphatic heterocycles. The molecule has 2 rings (SSSR count). The number of nitrogens with one attached hydrogen (secondary N) is 2. The number of ether oxygens (including phenoxy) is 1. The average Bonchev–Trinajstić information content (AvgIpc) is 2.92. The molecule has 0 aliphatic rings. The minimum atomic E-state index is -0.411. The number of nitrogens with zero attached hydrogens (tertiary/aromatic N) is 4. The van der Waals surface area contributed by atoms with E-state index in [0.717, 1.165) is 0 Å². The van der Waals surface area contributed by atoms with Gasteiger partial charge in [0.25, 0.3) is 11.9 Å². The molecule has 0 atom stereocenters. The molecule has 1 aromatic carbocycles. The number of rotatable bonds is 5. The highest BCUT2D eigenvalue weighted by molar-refractivity contribution is 7.80. The van der Waals surface area contributed by atoms with Crippen LogP contribution in [-0.2, 0) is 6.54 Å². The van der Waals surface area contributed by atoms with Crippen LogP contribution in [0.4, 0.5) is 5.95 Å². The average molecular weight is 369 g/mol. The summed E-state index contributed by atoms with van der Waals surface area (Å²) in [5.41, 5.74) is 0.348. The first kappa shape index (κ1) is 18.1. The van der Waals surface area contributed by atoms with Crippen LogP contribution in [-0.4, -0.2) is 38.3 Å². The van der Waals surface area contributed by atoms with Gasteiger partial charge in [0, 0.05) is 5.56 Å². The van der Waals surface area contributed by atoms with Gasteiger partial charge in [-0.15, -0.1) is 5.10 Å². The van der Waals surface area contributed by atoms with Gasteiger partial charge in [-0.2, -0.15) is 4.80 Å². The summed E-state index contributed by atoms with van der Waals surface area (Å²) in [4.78, 5) is 13.6. The van der Waals surface area contributed by atoms with Crippen LogP contribution in [0.3, 0.4) is 0 Å². The van der Waals surface area contributed by atoms with Crippen LogP contribution in [0.5, 0.6) is 5.75 Å². The lowest BCUT2D eigenvalue weighted by molar-refractivity contribution is 0.0977. The Morgan fingerprint density at radius 2 is 2.21 bits per heavy atom. The Bertz CT molecular complexity index is 749. The van der Waals surface area contributed by atoms with Crippen molar-refractivity contribution in [3.05, 3.63) is 28.8 Å². The highest BCUT2D eigenvalue weighted by Crippen LogP contribution is 2.24. The molecule has 1 aromatic heterocycles. The van der Waals surface area contributed by atoms with Gasteiger partial charge in [-0.1, -0.05) is 30.5 Å². The fourth-order valence-electron chi connectivity index (χ4n) is 1.81. The smallest absolute Gasteiger partial charge is 0.269 e. The monoisotopic (exact) mass is 368 g/mol. The van der Waals surface area contributed by atoms with Gasteiger partial charge in [0.15, 0.2) is 5.11 Å². The molecule has 0 saturated carbocycles. The number of halogens is 1. The van der Waals surface area contributed by atoms with Crippen molar-refractivity contribution in [2.45, 2.75) is 20.4 Å². The third-order valence-corrected chi connectivity index (χ3v) is 3.35. The minimum absolute atomic E-state index is 0.0658. The van der Waals surface area contributed by atoms with Gasteiger partial charge in [0.2, 0.25) is 0 Å². The number of benzene rings is 1. The van der Waals surface area contributed by atoms with E-state index in [2.05, 4.69) is 26.0 Å². The van der Waals surface area contributed by atoms with Gasteiger partial charge in [-0.3, -0.25) is 15.4 Å². The van der Waals surface area contributed by atoms with Crippen molar-refractivity contribution in [2.75, 3.05) is 12.4 Å². The maximum Gasteiger partial charge on any atom is 0.269 e. The molecule has 2 N–H and O–H groups in total. The van der Waals surface area contributed by atoms with Crippen molar-refractivity contribution in [2.24, 2.45) is 5.92 Å². The van der Waals surface area contributed by atoms with Crippen molar-refractivity contribution in [3.63, 3.8) is 0 Å². The molecule has 0 unspecified atom stereocenters. The van der Waals surface area contributed by atoms with Gasteiger partial charge >= 0.3 is 0 Å². The molecule has 0 fully saturated rings. The van der Waals surface area contributed by atoms with Crippen molar-refractivity contribution in [1.82, 2.24) is 25.5 Å². The third kappa shape index (κ3) is 4.87. The molecule has 24 heavy (non-hydrogen) atoms. The first-order valence-corrected chi connectivity index (χ1v) is 7.91. The Balaban J connectivity index is 1.95. The quantitative estimate of drug-likeness (QED) is 0.780. The van der Waals surface area contributed by atoms with Crippen molar-refractivity contribution in [3.8, 4) is 5.75 Å². The zero-order valence-electron chi connectivity index (χ0n) is 13.4. The molecule has 0 spiro atoms. The van der Waals surface area contributed by atoms with Crippen molar-refractivity contribution < 1.29 is 9.53 Å². The van der Waals surface area contributed by atoms with Crippen LogP contribution >= 0.6 is 23.8 Å². The molecule has 0 bridgehead atoms. The lowest BCUT2D eigenvalue weighted by Crippen LogP contribution is -2.34. The number of thiocarbonyl (C=S) groups is 1. The SMILES string of the molecule is COc1ccc(C(=O)NC(=S)Nc2nnn(CC(C)C)n2)cc1Cl. The Hall–Kier alpha value is -2.26. The van der Waals surface area contributed by atoms with Crippen molar-refractivity contribution in [1.29, 1.82) is 0 Å². The Labute approximate surface area is 149 Å². The molecule has 0 aliphatic carbocycles. The van der Waals surface area contributed by atoms with E-state index in [4.69, 9.17) is 28.6 Å². The lowest BCUT2D eigenvalue weighted by atomic mass is 10.2. The van der Waals surface area contributed by atoms with E-state index in [1.807, 2.05) is 13.8 Å². The number of aromatic nitrogens is 4. The van der Waals surface area contributed by atoms with E-state index < -0.39 is 5.91 Å². The zero-order chi connectivity index (χ0) is 17.7. The second-order valence-corrected chi connectivity index (χ2v) is 6.13. The van der Waals surface area contributed by atoms with Crippen molar-refractivity contribution >= 4 is 40.8 Å². The van der Waals surface area contributed by atoms with E-state index in [1.165, 1.54) is 18.0 Å². The molecule has 2 aromatic rings. The van der Waals surface area contributed by atoms with E-state index in [9.17, 15) is 4.79 Å². The number of hydrogen-bond donors (Lipinski definition) is 2. The number of tetrazole rings is 1. The molecule has 0 radical (unpaired) electrons. The Kier molecular flexibility index (Phi) is 6.04. The normalized spacial score (nSPS) is 10.5. The molecular formula is C14H17ClN6O2S. The Morgan fingerprint density at radius 1 is 1.46 bits per heavy atom. The number of amides is 1. The summed E-state index contributed by atoms with van der Waals surface area (Å²) in [6, 6.07) is 4.68. The predicted molar refractivity (Wildman–Crippen MR) is 94.3 cm³/mol. The van der Waals surface area contributed by atoms with E-state index in [-0.39, 0.29) is 11.1 Å². The highest BCUT2D eigenvalue weighted by atomic mass is 35.5. The summed E-state index contributed by atoms with van der Waals surface area (Å²) >= 11 is 11.1. The standard InChI is InChI=1S/C14H17ClN6O2S/c1-8(2)7-21-19-13(18-20-21)17-14(24)16-12(22)9-4-5-11(23-3)10(15)6-9/h4-6,8H,7H2,1-3H3,(H2,16,17,19,22,24). The number of methoxy groups -OCH3 is 1. The third-order valence-electron chi connectivity index (χ3n) is 2.85. The van der Waals surface area contributed by atoms with Gasteiger partial charge < -0.3 is 4.74 Å². The summed E-state index contributed by atoms with van der Waals surface area (Å²) in [6.45, 7) is 4.72. The zero-order valence-corrected chi connectivity index (χ0v) is 15.0. The molecule has 10 heteroatoms. The maximum absolute atomic E-state index is 12.1. The summed E-state index contributed by atoms with van der Waals surface area (Å²) in [5.74, 6) is 0.679. The summed E-state index contributed by atoms with van der Waals surface area (Å²) in [6.07, 6.45) is 0. The number of carbonyl (C=O) groups excluding carboxylic acids is 1. The van der Waals surface area contributed by atoms with Gasteiger partial charge in [-0.25, -0.2) is 0 Å². The largest absolute Gasteiger partial charge is 0.495 e. The first-order valence-electron chi connectivity index (χ1n) is 7.12. The van der Waals surface area contributed by atoms with E-state index >= 15 is 0 Å². The summed E-state index contributed by atoms with van der Waals surface area (Å²) < 4.78 is 5.04. The lowest BCUT2D eigenvalue weighted by Gasteiger charge is -2.08. The molecule has 1 amide bonds. The minimum Gasteiger partial charge on any atom is -0.495 e. The van der Waals surface area contributed by atoms with Crippen LogP contribution in [0.15, 0.2) is 18.2 Å². The molecular weight excluding hydrogens is 352 g/mol. The summed E-state index contributed by atoms with van der Waals surface area (Å²) in [7, 11) is 1.50. The second kappa shape index (κ2) is 8.02. The molecule has 8 nitrogen and oxygen atoms in total. The highest BCUT2D eigenvalue weighted by Gasteiger charge is 2.12. The van der Waals surface area contributed by atoms with Crippen LogP contribution < -0.4 is 15.4 Å². The van der Waals surface area contributed by atoms with Gasteiger partial charge in [0.05, 0.1) is 18.7 Å². The fourth-order valence-corrected chi connectivity index (χ4v) is 2.25. The fraction of sp³-hybridized carbons (Fsp3) is 0.357. The van der Waals surface area contributed by atoms with Gasteiger partial charge in [-0.05, 0) is 41.5 Å². The van der Waals surface area contributed by atoms with Crippen LogP contribution in [0.2, 0.25) is 5.02 Å². The number of carbonyl (C=O) groups is 1. The van der Waals surface area contributed by atoms with E-state index in [0.29, 0.717) is 28.8 Å². The molecule has 0 saturated heterocycles. The van der Waals surface area contributed by atoms with Gasteiger partial charge in [0.1, 0.15) is 5.75 Å². The molecule has 128 valence electrons. The van der Waals surface area contributed by atoms with Crippen LogP contribution in [0.25, 0.3) is 0 Å². The topological polar surface area (TPSA) is 94.0 Å².